The predicted octanol–water partition coefficient (Wildman–Crippen LogP) is 3.26. The number of nitrogens with zero attached hydrogens (tertiary/aromatic N) is 1. The smallest absolute Gasteiger partial charge is 0.193 e. The minimum atomic E-state index is 0.276. The fourth-order valence-corrected chi connectivity index (χ4v) is 3.45. The van der Waals surface area contributed by atoms with Gasteiger partial charge in [0.05, 0.1) is 6.54 Å². The Labute approximate surface area is 120 Å². The van der Waals surface area contributed by atoms with Crippen LogP contribution in [-0.4, -0.2) is 23.0 Å². The lowest BCUT2D eigenvalue weighted by Gasteiger charge is -2.19. The third kappa shape index (κ3) is 4.16. The molecule has 1 aromatic rings. The third-order valence-electron chi connectivity index (χ3n) is 3.52. The molecular formula is C15H23N3S. The average Bonchev–Trinajstić information content (AvgIpc) is 2.85. The van der Waals surface area contributed by atoms with Crippen LogP contribution in [-0.2, 0) is 6.42 Å². The first-order chi connectivity index (χ1) is 9.11. The summed E-state index contributed by atoms with van der Waals surface area (Å²) in [6, 6.07) is 8.33. The quantitative estimate of drug-likeness (QED) is 0.656. The first-order valence-corrected chi connectivity index (χ1v) is 7.90. The molecule has 0 amide bonds. The second kappa shape index (κ2) is 6.33. The molecule has 1 aromatic carbocycles. The molecule has 1 aliphatic rings. The number of hydrogen-bond donors (Lipinski definition) is 2. The van der Waals surface area contributed by atoms with Crippen molar-refractivity contribution in [2.45, 2.75) is 37.9 Å². The summed E-state index contributed by atoms with van der Waals surface area (Å²) in [6.07, 6.45) is 3.58. The van der Waals surface area contributed by atoms with E-state index in [9.17, 15) is 0 Å². The highest BCUT2D eigenvalue weighted by atomic mass is 32.2. The number of rotatable bonds is 4. The zero-order valence-corrected chi connectivity index (χ0v) is 12.6. The summed E-state index contributed by atoms with van der Waals surface area (Å²) < 4.78 is 0.276. The lowest BCUT2D eigenvalue weighted by Crippen LogP contribution is -2.27. The third-order valence-corrected chi connectivity index (χ3v) is 5.04. The zero-order chi connectivity index (χ0) is 13.7. The first kappa shape index (κ1) is 14.3. The summed E-state index contributed by atoms with van der Waals surface area (Å²) in [6.45, 7) is 5.22. The second-order valence-corrected chi connectivity index (χ2v) is 6.96. The van der Waals surface area contributed by atoms with E-state index in [2.05, 4.69) is 36.3 Å². The molecule has 3 N–H and O–H groups in total. The maximum atomic E-state index is 5.94. The number of anilines is 1. The molecule has 1 unspecified atom stereocenters. The van der Waals surface area contributed by atoms with Crippen LogP contribution in [0, 0.1) is 0 Å². The predicted molar refractivity (Wildman–Crippen MR) is 86.0 cm³/mol. The van der Waals surface area contributed by atoms with Gasteiger partial charge in [-0.25, -0.2) is 0 Å². The Morgan fingerprint density at radius 1 is 1.42 bits per heavy atom. The summed E-state index contributed by atoms with van der Waals surface area (Å²) in [5.74, 6) is 1.76. The van der Waals surface area contributed by atoms with Crippen LogP contribution >= 0.6 is 11.8 Å². The van der Waals surface area contributed by atoms with Crippen LogP contribution < -0.4 is 11.1 Å². The lowest BCUT2D eigenvalue weighted by molar-refractivity contribution is 0.619. The Morgan fingerprint density at radius 2 is 2.16 bits per heavy atom. The minimum absolute atomic E-state index is 0.276. The topological polar surface area (TPSA) is 50.4 Å². The van der Waals surface area contributed by atoms with Gasteiger partial charge < -0.3 is 11.1 Å². The molecule has 1 saturated heterocycles. The fraction of sp³-hybridized carbons (Fsp3) is 0.533. The van der Waals surface area contributed by atoms with Crippen molar-refractivity contribution in [2.75, 3.05) is 17.6 Å². The highest BCUT2D eigenvalue weighted by Gasteiger charge is 2.28. The highest BCUT2D eigenvalue weighted by molar-refractivity contribution is 8.00. The molecule has 0 aliphatic carbocycles. The Kier molecular flexibility index (Phi) is 4.75. The normalized spacial score (nSPS) is 23.6. The molecule has 104 valence electrons. The van der Waals surface area contributed by atoms with Crippen LogP contribution in [0.1, 0.15) is 32.3 Å². The highest BCUT2D eigenvalue weighted by Crippen LogP contribution is 2.37. The van der Waals surface area contributed by atoms with Crippen LogP contribution in [0.3, 0.4) is 0 Å². The van der Waals surface area contributed by atoms with Crippen molar-refractivity contribution >= 4 is 23.4 Å². The van der Waals surface area contributed by atoms with E-state index in [1.165, 1.54) is 24.2 Å². The summed E-state index contributed by atoms with van der Waals surface area (Å²) in [5, 5.41) is 3.15. The monoisotopic (exact) mass is 277 g/mol. The number of nitrogens with one attached hydrogen (secondary N) is 1. The van der Waals surface area contributed by atoms with Gasteiger partial charge in [0.25, 0.3) is 0 Å². The van der Waals surface area contributed by atoms with E-state index < -0.39 is 0 Å². The molecule has 0 radical (unpaired) electrons. The van der Waals surface area contributed by atoms with Crippen LogP contribution in [0.4, 0.5) is 5.69 Å². The van der Waals surface area contributed by atoms with Gasteiger partial charge in [0.15, 0.2) is 5.96 Å². The molecular weight excluding hydrogens is 254 g/mol. The van der Waals surface area contributed by atoms with Crippen LogP contribution in [0.25, 0.3) is 0 Å². The molecule has 1 atom stereocenters. The average molecular weight is 277 g/mol. The van der Waals surface area contributed by atoms with Gasteiger partial charge in [-0.2, -0.15) is 11.8 Å². The van der Waals surface area contributed by atoms with E-state index in [0.717, 1.165) is 18.7 Å². The van der Waals surface area contributed by atoms with E-state index in [1.54, 1.807) is 0 Å². The van der Waals surface area contributed by atoms with E-state index >= 15 is 0 Å². The molecule has 2 rings (SSSR count). The number of guanidine groups is 1. The van der Waals surface area contributed by atoms with Gasteiger partial charge in [-0.1, -0.05) is 19.1 Å². The summed E-state index contributed by atoms with van der Waals surface area (Å²) in [5.41, 5.74) is 8.27. The number of hydrogen-bond acceptors (Lipinski definition) is 2. The van der Waals surface area contributed by atoms with Gasteiger partial charge in [0.1, 0.15) is 0 Å². The van der Waals surface area contributed by atoms with E-state index in [1.807, 2.05) is 23.9 Å². The maximum absolute atomic E-state index is 5.94. The molecule has 1 heterocycles. The van der Waals surface area contributed by atoms with Gasteiger partial charge in [0, 0.05) is 10.4 Å². The van der Waals surface area contributed by atoms with E-state index in [-0.39, 0.29) is 4.75 Å². The summed E-state index contributed by atoms with van der Waals surface area (Å²) >= 11 is 2.01. The number of aliphatic imine (C=N–C) groups is 1. The molecule has 0 saturated carbocycles. The molecule has 0 aromatic heterocycles. The van der Waals surface area contributed by atoms with Crippen molar-refractivity contribution in [3.63, 3.8) is 0 Å². The lowest BCUT2D eigenvalue weighted by atomic mass is 10.1. The standard InChI is InChI=1S/C15H23N3S/c1-3-12-5-7-13(8-6-12)18-14(16)17-11-15(2)9-4-10-19-15/h5-8H,3-4,9-11H2,1-2H3,(H3,16,17,18). The van der Waals surface area contributed by atoms with E-state index in [4.69, 9.17) is 5.73 Å². The van der Waals surface area contributed by atoms with Crippen molar-refractivity contribution in [2.24, 2.45) is 10.7 Å². The summed E-state index contributed by atoms with van der Waals surface area (Å²) in [7, 11) is 0. The largest absolute Gasteiger partial charge is 0.370 e. The number of thioether (sulfide) groups is 1. The Morgan fingerprint density at radius 3 is 2.74 bits per heavy atom. The SMILES string of the molecule is CCc1ccc(NC(N)=NCC2(C)CCCS2)cc1. The Balaban J connectivity index is 1.90. The van der Waals surface area contributed by atoms with Crippen molar-refractivity contribution in [1.82, 2.24) is 0 Å². The second-order valence-electron chi connectivity index (χ2n) is 5.28. The van der Waals surface area contributed by atoms with E-state index in [0.29, 0.717) is 5.96 Å². The van der Waals surface area contributed by atoms with Crippen molar-refractivity contribution < 1.29 is 0 Å². The number of aryl methyl sites for hydroxylation is 1. The number of nitrogens with two attached hydrogens (primary N) is 1. The molecule has 4 heteroatoms. The van der Waals surface area contributed by atoms with Crippen LogP contribution in [0.2, 0.25) is 0 Å². The van der Waals surface area contributed by atoms with Gasteiger partial charge in [-0.05, 0) is 49.6 Å². The minimum Gasteiger partial charge on any atom is -0.370 e. The first-order valence-electron chi connectivity index (χ1n) is 6.91. The van der Waals surface area contributed by atoms with Crippen LogP contribution in [0.5, 0.6) is 0 Å². The number of benzene rings is 1. The zero-order valence-electron chi connectivity index (χ0n) is 11.8. The molecule has 0 bridgehead atoms. The van der Waals surface area contributed by atoms with Crippen LogP contribution in [0.15, 0.2) is 29.3 Å². The van der Waals surface area contributed by atoms with Crippen molar-refractivity contribution in [3.8, 4) is 0 Å². The molecule has 1 aliphatic heterocycles. The van der Waals surface area contributed by atoms with Gasteiger partial charge in [-0.15, -0.1) is 0 Å². The molecule has 3 nitrogen and oxygen atoms in total. The fourth-order valence-electron chi connectivity index (χ4n) is 2.23. The molecule has 0 spiro atoms. The van der Waals surface area contributed by atoms with Gasteiger partial charge in [-0.3, -0.25) is 4.99 Å². The Hall–Kier alpha value is -1.16. The summed E-state index contributed by atoms with van der Waals surface area (Å²) in [4.78, 5) is 4.48. The maximum Gasteiger partial charge on any atom is 0.193 e. The van der Waals surface area contributed by atoms with Gasteiger partial charge >= 0.3 is 0 Å². The van der Waals surface area contributed by atoms with Gasteiger partial charge in [0.2, 0.25) is 0 Å². The van der Waals surface area contributed by atoms with Crippen molar-refractivity contribution in [3.05, 3.63) is 29.8 Å². The van der Waals surface area contributed by atoms with Crippen molar-refractivity contribution in [1.29, 1.82) is 0 Å². The molecule has 1 fully saturated rings. The Bertz CT molecular complexity index is 433. The molecule has 19 heavy (non-hydrogen) atoms.